The van der Waals surface area contributed by atoms with Crippen LogP contribution in [0.4, 0.5) is 0 Å². The van der Waals surface area contributed by atoms with Crippen molar-refractivity contribution in [3.05, 3.63) is 23.8 Å². The maximum atomic E-state index is 11.1. The summed E-state index contributed by atoms with van der Waals surface area (Å²) in [6.07, 6.45) is 2.85. The third-order valence-electron chi connectivity index (χ3n) is 3.80. The lowest BCUT2D eigenvalue weighted by Crippen LogP contribution is -2.29. The molecule has 7 heteroatoms. The number of hydrogen-bond acceptors (Lipinski definition) is 5. The highest BCUT2D eigenvalue weighted by Gasteiger charge is 2.29. The van der Waals surface area contributed by atoms with Crippen LogP contribution >= 0.6 is 0 Å². The Kier molecular flexibility index (Phi) is 5.66. The van der Waals surface area contributed by atoms with Gasteiger partial charge in [-0.05, 0) is 44.0 Å². The average molecular weight is 328 g/mol. The zero-order valence-corrected chi connectivity index (χ0v) is 13.9. The highest BCUT2D eigenvalue weighted by Crippen LogP contribution is 2.31. The molecule has 2 N–H and O–H groups in total. The molecular weight excluding hydrogens is 304 g/mol. The first-order valence-electron chi connectivity index (χ1n) is 7.38. The van der Waals surface area contributed by atoms with Gasteiger partial charge in [0.2, 0.25) is 10.0 Å². The lowest BCUT2D eigenvalue weighted by atomic mass is 10.1. The van der Waals surface area contributed by atoms with Crippen molar-refractivity contribution in [1.82, 2.24) is 4.90 Å². The standard InChI is InChI=1S/C15H24N2O4S/c1-20-14-6-7-15(21-2)12(10-14)11-17(13-4-5-13)8-3-9-22(16,18)19/h6-7,10,13H,3-5,8-9,11H2,1-2H3,(H2,16,18,19). The van der Waals surface area contributed by atoms with Gasteiger partial charge in [0.15, 0.2) is 0 Å². The first kappa shape index (κ1) is 17.1. The summed E-state index contributed by atoms with van der Waals surface area (Å²) >= 11 is 0. The molecule has 6 nitrogen and oxygen atoms in total. The highest BCUT2D eigenvalue weighted by atomic mass is 32.2. The smallest absolute Gasteiger partial charge is 0.209 e. The van der Waals surface area contributed by atoms with E-state index >= 15 is 0 Å². The van der Waals surface area contributed by atoms with Crippen LogP contribution in [-0.2, 0) is 16.6 Å². The fraction of sp³-hybridized carbons (Fsp3) is 0.600. The Morgan fingerprint density at radius 2 is 2.00 bits per heavy atom. The van der Waals surface area contributed by atoms with Gasteiger partial charge >= 0.3 is 0 Å². The van der Waals surface area contributed by atoms with Crippen molar-refractivity contribution in [3.8, 4) is 11.5 Å². The number of nitrogens with zero attached hydrogens (tertiary/aromatic N) is 1. The SMILES string of the molecule is COc1ccc(OC)c(CN(CCCS(N)(=O)=O)C2CC2)c1. The van der Waals surface area contributed by atoms with E-state index in [2.05, 4.69) is 4.90 Å². The van der Waals surface area contributed by atoms with E-state index < -0.39 is 10.0 Å². The second-order valence-electron chi connectivity index (χ2n) is 5.60. The van der Waals surface area contributed by atoms with Crippen LogP contribution in [0.15, 0.2) is 18.2 Å². The van der Waals surface area contributed by atoms with Crippen molar-refractivity contribution in [2.24, 2.45) is 5.14 Å². The molecule has 2 rings (SSSR count). The zero-order chi connectivity index (χ0) is 16.2. The molecule has 0 amide bonds. The average Bonchev–Trinajstić information content (AvgIpc) is 3.29. The van der Waals surface area contributed by atoms with E-state index in [9.17, 15) is 8.42 Å². The van der Waals surface area contributed by atoms with Crippen molar-refractivity contribution >= 4 is 10.0 Å². The van der Waals surface area contributed by atoms with Crippen molar-refractivity contribution in [2.45, 2.75) is 31.8 Å². The monoisotopic (exact) mass is 328 g/mol. The number of sulfonamides is 1. The van der Waals surface area contributed by atoms with Crippen molar-refractivity contribution < 1.29 is 17.9 Å². The molecule has 22 heavy (non-hydrogen) atoms. The van der Waals surface area contributed by atoms with Gasteiger partial charge < -0.3 is 9.47 Å². The largest absolute Gasteiger partial charge is 0.497 e. The molecule has 1 aromatic carbocycles. The minimum absolute atomic E-state index is 0.0193. The maximum Gasteiger partial charge on any atom is 0.209 e. The Hall–Kier alpha value is -1.31. The van der Waals surface area contributed by atoms with Crippen LogP contribution in [0.3, 0.4) is 0 Å². The highest BCUT2D eigenvalue weighted by molar-refractivity contribution is 7.89. The predicted molar refractivity (Wildman–Crippen MR) is 85.6 cm³/mol. The summed E-state index contributed by atoms with van der Waals surface area (Å²) in [5.41, 5.74) is 1.05. The summed E-state index contributed by atoms with van der Waals surface area (Å²) in [6, 6.07) is 6.25. The van der Waals surface area contributed by atoms with E-state index in [1.165, 1.54) is 0 Å². The lowest BCUT2D eigenvalue weighted by molar-refractivity contribution is 0.251. The van der Waals surface area contributed by atoms with Gasteiger partial charge in [0.05, 0.1) is 20.0 Å². The van der Waals surface area contributed by atoms with Crippen LogP contribution in [0.2, 0.25) is 0 Å². The van der Waals surface area contributed by atoms with Gasteiger partial charge in [-0.15, -0.1) is 0 Å². The van der Waals surface area contributed by atoms with E-state index in [1.807, 2.05) is 18.2 Å². The van der Waals surface area contributed by atoms with Gasteiger partial charge in [0, 0.05) is 18.2 Å². The maximum absolute atomic E-state index is 11.1. The number of hydrogen-bond donors (Lipinski definition) is 1. The van der Waals surface area contributed by atoms with E-state index in [-0.39, 0.29) is 5.75 Å². The molecule has 0 saturated heterocycles. The van der Waals surface area contributed by atoms with Gasteiger partial charge in [0.25, 0.3) is 0 Å². The Morgan fingerprint density at radius 1 is 1.27 bits per heavy atom. The topological polar surface area (TPSA) is 81.9 Å². The molecule has 0 aromatic heterocycles. The molecule has 1 aromatic rings. The summed E-state index contributed by atoms with van der Waals surface area (Å²) in [5, 5.41) is 5.07. The molecule has 0 atom stereocenters. The number of ether oxygens (including phenoxy) is 2. The van der Waals surface area contributed by atoms with E-state index in [1.54, 1.807) is 14.2 Å². The van der Waals surface area contributed by atoms with Gasteiger partial charge in [-0.1, -0.05) is 0 Å². The third kappa shape index (κ3) is 5.15. The van der Waals surface area contributed by atoms with Crippen molar-refractivity contribution in [3.63, 3.8) is 0 Å². The van der Waals surface area contributed by atoms with E-state index in [4.69, 9.17) is 14.6 Å². The minimum atomic E-state index is -3.39. The van der Waals surface area contributed by atoms with Crippen molar-refractivity contribution in [2.75, 3.05) is 26.5 Å². The Bertz CT molecular complexity index is 600. The first-order chi connectivity index (χ1) is 10.4. The van der Waals surface area contributed by atoms with Crippen LogP contribution in [0.25, 0.3) is 0 Å². The number of nitrogens with two attached hydrogens (primary N) is 1. The lowest BCUT2D eigenvalue weighted by Gasteiger charge is -2.23. The van der Waals surface area contributed by atoms with Gasteiger partial charge in [-0.25, -0.2) is 13.6 Å². The Morgan fingerprint density at radius 3 is 2.55 bits per heavy atom. The number of primary sulfonamides is 1. The number of rotatable bonds is 9. The van der Waals surface area contributed by atoms with Crippen LogP contribution in [0.1, 0.15) is 24.8 Å². The Balaban J connectivity index is 2.04. The van der Waals surface area contributed by atoms with Crippen molar-refractivity contribution in [1.29, 1.82) is 0 Å². The summed E-state index contributed by atoms with van der Waals surface area (Å²) in [5.74, 6) is 1.62. The quantitative estimate of drug-likeness (QED) is 0.740. The molecular formula is C15H24N2O4S. The summed E-state index contributed by atoms with van der Waals surface area (Å²) in [6.45, 7) is 1.43. The van der Waals surface area contributed by atoms with Gasteiger partial charge in [0.1, 0.15) is 11.5 Å². The van der Waals surface area contributed by atoms with E-state index in [0.717, 1.165) is 36.4 Å². The molecule has 0 aliphatic heterocycles. The first-order valence-corrected chi connectivity index (χ1v) is 9.10. The van der Waals surface area contributed by atoms with E-state index in [0.29, 0.717) is 19.0 Å². The second-order valence-corrected chi connectivity index (χ2v) is 7.33. The minimum Gasteiger partial charge on any atom is -0.497 e. The Labute approximate surface area is 132 Å². The van der Waals surface area contributed by atoms with Crippen LogP contribution in [0, 0.1) is 0 Å². The van der Waals surface area contributed by atoms with Crippen LogP contribution in [-0.4, -0.2) is 45.9 Å². The van der Waals surface area contributed by atoms with Gasteiger partial charge in [-0.3, -0.25) is 4.90 Å². The molecule has 1 fully saturated rings. The second kappa shape index (κ2) is 7.30. The normalized spacial score (nSPS) is 15.1. The molecule has 1 aliphatic carbocycles. The number of benzene rings is 1. The molecule has 0 radical (unpaired) electrons. The molecule has 0 bridgehead atoms. The fourth-order valence-corrected chi connectivity index (χ4v) is 3.05. The summed E-state index contributed by atoms with van der Waals surface area (Å²) < 4.78 is 32.8. The molecule has 124 valence electrons. The predicted octanol–water partition coefficient (Wildman–Crippen LogP) is 1.35. The molecule has 1 aliphatic rings. The molecule has 0 spiro atoms. The summed E-state index contributed by atoms with van der Waals surface area (Å²) in [7, 11) is -0.111. The molecule has 0 unspecified atom stereocenters. The van der Waals surface area contributed by atoms with Crippen LogP contribution in [0.5, 0.6) is 11.5 Å². The zero-order valence-electron chi connectivity index (χ0n) is 13.1. The van der Waals surface area contributed by atoms with Gasteiger partial charge in [-0.2, -0.15) is 0 Å². The fourth-order valence-electron chi connectivity index (χ4n) is 2.52. The van der Waals surface area contributed by atoms with Crippen LogP contribution < -0.4 is 14.6 Å². The third-order valence-corrected chi connectivity index (χ3v) is 4.66. The number of methoxy groups -OCH3 is 2. The molecule has 0 heterocycles. The summed E-state index contributed by atoms with van der Waals surface area (Å²) in [4.78, 5) is 2.29. The molecule has 1 saturated carbocycles.